The molecule has 0 fully saturated rings. The third-order valence-electron chi connectivity index (χ3n) is 1.43. The molecule has 70 valence electrons. The van der Waals surface area contributed by atoms with Crippen molar-refractivity contribution in [3.05, 3.63) is 30.2 Å². The van der Waals surface area contributed by atoms with Crippen molar-refractivity contribution in [3.8, 4) is 0 Å². The van der Waals surface area contributed by atoms with Gasteiger partial charge in [0.15, 0.2) is 6.10 Å². The quantitative estimate of drug-likeness (QED) is 0.703. The van der Waals surface area contributed by atoms with E-state index in [-0.39, 0.29) is 0 Å². The van der Waals surface area contributed by atoms with Crippen molar-refractivity contribution < 1.29 is 19.1 Å². The molecule has 1 aromatic rings. The highest BCUT2D eigenvalue weighted by Gasteiger charge is 2.10. The van der Waals surface area contributed by atoms with Gasteiger partial charge in [-0.25, -0.2) is 4.79 Å². The average Bonchev–Trinajstić information content (AvgIpc) is 2.65. The minimum absolute atomic E-state index is 0.572. The zero-order chi connectivity index (χ0) is 9.68. The van der Waals surface area contributed by atoms with Gasteiger partial charge in [-0.05, 0) is 24.3 Å². The molecule has 1 atom stereocenters. The van der Waals surface area contributed by atoms with Crippen molar-refractivity contribution in [1.82, 2.24) is 0 Å². The maximum atomic E-state index is 10.7. The van der Waals surface area contributed by atoms with Crippen LogP contribution in [0.3, 0.4) is 0 Å². The van der Waals surface area contributed by atoms with Crippen LogP contribution in [-0.2, 0) is 9.53 Å². The second-order valence-corrected chi connectivity index (χ2v) is 2.34. The van der Waals surface area contributed by atoms with Crippen LogP contribution in [-0.4, -0.2) is 24.3 Å². The molecule has 1 aromatic heterocycles. The van der Waals surface area contributed by atoms with Gasteiger partial charge in [-0.2, -0.15) is 0 Å². The predicted octanol–water partition coefficient (Wildman–Crippen LogP) is 0.827. The molecule has 0 aliphatic carbocycles. The smallest absolute Gasteiger partial charge is 0.338 e. The number of carbonyl (C=O) groups is 1. The number of hydrogen-bond acceptors (Lipinski definition) is 4. The first-order valence-electron chi connectivity index (χ1n) is 3.71. The van der Waals surface area contributed by atoms with Crippen LogP contribution in [0.5, 0.6) is 0 Å². The maximum absolute atomic E-state index is 10.7. The lowest BCUT2D eigenvalue weighted by Crippen LogP contribution is -2.18. The zero-order valence-corrected chi connectivity index (χ0v) is 7.14. The molecule has 0 saturated carbocycles. The standard InChI is InChI=1S/C9H10O4/c1-12-9(11)8(10)5-4-7-3-2-6-13-7/h2-6,8,10H,1H3/b5-4+/t8-/m0/s1. The molecule has 0 saturated heterocycles. The van der Waals surface area contributed by atoms with E-state index in [2.05, 4.69) is 4.74 Å². The molecular formula is C9H10O4. The first-order valence-corrected chi connectivity index (χ1v) is 3.71. The van der Waals surface area contributed by atoms with Gasteiger partial charge in [0.25, 0.3) is 0 Å². The maximum Gasteiger partial charge on any atom is 0.338 e. The SMILES string of the molecule is COC(=O)[C@@H](O)/C=C/c1ccco1. The summed E-state index contributed by atoms with van der Waals surface area (Å²) in [7, 11) is 1.21. The Morgan fingerprint density at radius 1 is 1.77 bits per heavy atom. The summed E-state index contributed by atoms with van der Waals surface area (Å²) in [5.74, 6) is -0.120. The van der Waals surface area contributed by atoms with E-state index < -0.39 is 12.1 Å². The number of carbonyl (C=O) groups excluding carboxylic acids is 1. The van der Waals surface area contributed by atoms with Gasteiger partial charge < -0.3 is 14.3 Å². The van der Waals surface area contributed by atoms with Crippen LogP contribution in [0.2, 0.25) is 0 Å². The average molecular weight is 182 g/mol. The van der Waals surface area contributed by atoms with Crippen molar-refractivity contribution in [2.75, 3.05) is 7.11 Å². The van der Waals surface area contributed by atoms with Gasteiger partial charge in [-0.15, -0.1) is 0 Å². The van der Waals surface area contributed by atoms with Gasteiger partial charge >= 0.3 is 5.97 Å². The first-order chi connectivity index (χ1) is 6.24. The summed E-state index contributed by atoms with van der Waals surface area (Å²) in [5.41, 5.74) is 0. The van der Waals surface area contributed by atoms with Crippen LogP contribution in [0.4, 0.5) is 0 Å². The topological polar surface area (TPSA) is 59.7 Å². The van der Waals surface area contributed by atoms with E-state index in [1.807, 2.05) is 0 Å². The molecule has 13 heavy (non-hydrogen) atoms. The second-order valence-electron chi connectivity index (χ2n) is 2.34. The Kier molecular flexibility index (Phi) is 3.28. The summed E-state index contributed by atoms with van der Waals surface area (Å²) < 4.78 is 9.26. The second kappa shape index (κ2) is 4.47. The predicted molar refractivity (Wildman–Crippen MR) is 45.8 cm³/mol. The van der Waals surface area contributed by atoms with Gasteiger partial charge in [0.2, 0.25) is 0 Å². The molecule has 1 N–H and O–H groups in total. The van der Waals surface area contributed by atoms with Gasteiger partial charge in [0.05, 0.1) is 13.4 Å². The third kappa shape index (κ3) is 2.76. The fourth-order valence-electron chi connectivity index (χ4n) is 0.771. The molecule has 1 heterocycles. The van der Waals surface area contributed by atoms with Gasteiger partial charge in [0.1, 0.15) is 5.76 Å². The Morgan fingerprint density at radius 3 is 3.08 bits per heavy atom. The Labute approximate surface area is 75.4 Å². The number of esters is 1. The van der Waals surface area contributed by atoms with Crippen LogP contribution < -0.4 is 0 Å². The number of hydrogen-bond donors (Lipinski definition) is 1. The normalized spacial score (nSPS) is 13.1. The fourth-order valence-corrected chi connectivity index (χ4v) is 0.771. The number of methoxy groups -OCH3 is 1. The summed E-state index contributed by atoms with van der Waals surface area (Å²) >= 11 is 0. The molecule has 0 aliphatic heterocycles. The van der Waals surface area contributed by atoms with Crippen molar-refractivity contribution in [3.63, 3.8) is 0 Å². The Bertz CT molecular complexity index is 287. The molecule has 0 aliphatic rings. The lowest BCUT2D eigenvalue weighted by molar-refractivity contribution is -0.147. The largest absolute Gasteiger partial charge is 0.467 e. The van der Waals surface area contributed by atoms with E-state index in [0.717, 1.165) is 0 Å². The Hall–Kier alpha value is -1.55. The van der Waals surface area contributed by atoms with E-state index in [1.54, 1.807) is 12.1 Å². The molecule has 0 aromatic carbocycles. The Balaban J connectivity index is 2.53. The lowest BCUT2D eigenvalue weighted by atomic mass is 10.3. The molecular weight excluding hydrogens is 172 g/mol. The molecule has 0 bridgehead atoms. The van der Waals surface area contributed by atoms with Crippen LogP contribution in [0, 0.1) is 0 Å². The molecule has 0 radical (unpaired) electrons. The number of rotatable bonds is 3. The highest BCUT2D eigenvalue weighted by atomic mass is 16.5. The first kappa shape index (κ1) is 9.54. The van der Waals surface area contributed by atoms with Crippen molar-refractivity contribution in [2.24, 2.45) is 0 Å². The molecule has 1 rings (SSSR count). The van der Waals surface area contributed by atoms with Gasteiger partial charge in [-0.1, -0.05) is 0 Å². The summed E-state index contributed by atoms with van der Waals surface area (Å²) in [6, 6.07) is 3.42. The van der Waals surface area contributed by atoms with E-state index in [9.17, 15) is 4.79 Å². The number of ether oxygens (including phenoxy) is 1. The summed E-state index contributed by atoms with van der Waals surface area (Å²) in [6.45, 7) is 0. The minimum Gasteiger partial charge on any atom is -0.467 e. The highest BCUT2D eigenvalue weighted by Crippen LogP contribution is 2.03. The Morgan fingerprint density at radius 2 is 2.54 bits per heavy atom. The van der Waals surface area contributed by atoms with Crippen molar-refractivity contribution >= 4 is 12.0 Å². The monoisotopic (exact) mass is 182 g/mol. The van der Waals surface area contributed by atoms with Gasteiger partial charge in [0, 0.05) is 0 Å². The molecule has 0 amide bonds. The summed E-state index contributed by atoms with van der Waals surface area (Å²) in [6.07, 6.45) is 3.06. The van der Waals surface area contributed by atoms with E-state index >= 15 is 0 Å². The van der Waals surface area contributed by atoms with Crippen LogP contribution in [0.15, 0.2) is 28.9 Å². The van der Waals surface area contributed by atoms with Crippen LogP contribution in [0.25, 0.3) is 6.08 Å². The highest BCUT2D eigenvalue weighted by molar-refractivity contribution is 5.77. The minimum atomic E-state index is -1.24. The zero-order valence-electron chi connectivity index (χ0n) is 7.14. The lowest BCUT2D eigenvalue weighted by Gasteiger charge is -2.00. The fraction of sp³-hybridized carbons (Fsp3) is 0.222. The molecule has 0 unspecified atom stereocenters. The molecule has 4 heteroatoms. The number of aliphatic hydroxyl groups excluding tert-OH is 1. The van der Waals surface area contributed by atoms with Crippen LogP contribution in [0.1, 0.15) is 5.76 Å². The van der Waals surface area contributed by atoms with Crippen molar-refractivity contribution in [2.45, 2.75) is 6.10 Å². The number of aliphatic hydroxyl groups is 1. The van der Waals surface area contributed by atoms with Gasteiger partial charge in [-0.3, -0.25) is 0 Å². The number of furan rings is 1. The molecule has 4 nitrogen and oxygen atoms in total. The van der Waals surface area contributed by atoms with E-state index in [0.29, 0.717) is 5.76 Å². The summed E-state index contributed by atoms with van der Waals surface area (Å²) in [5, 5.41) is 9.11. The third-order valence-corrected chi connectivity index (χ3v) is 1.43. The molecule has 0 spiro atoms. The van der Waals surface area contributed by atoms with E-state index in [4.69, 9.17) is 9.52 Å². The van der Waals surface area contributed by atoms with Crippen molar-refractivity contribution in [1.29, 1.82) is 0 Å². The van der Waals surface area contributed by atoms with E-state index in [1.165, 1.54) is 25.5 Å². The summed E-state index contributed by atoms with van der Waals surface area (Å²) in [4.78, 5) is 10.7. The van der Waals surface area contributed by atoms with Crippen LogP contribution >= 0.6 is 0 Å².